The number of rotatable bonds is 7. The van der Waals surface area contributed by atoms with Crippen LogP contribution in [0.2, 0.25) is 0 Å². The van der Waals surface area contributed by atoms with E-state index in [-0.39, 0.29) is 11.9 Å². The van der Waals surface area contributed by atoms with Gasteiger partial charge in [-0.05, 0) is 53.9 Å². The molecule has 0 saturated heterocycles. The minimum absolute atomic E-state index is 0.0919. The predicted molar refractivity (Wildman–Crippen MR) is 81.0 cm³/mol. The maximum absolute atomic E-state index is 11.9. The van der Waals surface area contributed by atoms with E-state index in [1.165, 1.54) is 0 Å². The molecule has 0 aliphatic carbocycles. The first-order chi connectivity index (χ1) is 9.38. The van der Waals surface area contributed by atoms with Gasteiger partial charge in [-0.25, -0.2) is 9.97 Å². The Bertz CT molecular complexity index is 445. The second-order valence-electron chi connectivity index (χ2n) is 5.43. The molecule has 0 spiro atoms. The van der Waals surface area contributed by atoms with Crippen LogP contribution in [-0.2, 0) is 0 Å². The number of hydrogen-bond donors (Lipinski definition) is 2. The Morgan fingerprint density at radius 2 is 2.05 bits per heavy atom. The second-order valence-corrected chi connectivity index (χ2v) is 5.43. The normalized spacial score (nSPS) is 10.9. The van der Waals surface area contributed by atoms with Gasteiger partial charge in [0.1, 0.15) is 5.69 Å². The lowest BCUT2D eigenvalue weighted by atomic mass is 10.3. The van der Waals surface area contributed by atoms with Crippen LogP contribution in [0.4, 0.5) is 5.95 Å². The zero-order valence-electron chi connectivity index (χ0n) is 13.0. The maximum atomic E-state index is 11.9. The maximum Gasteiger partial charge on any atom is 0.270 e. The molecule has 1 amide bonds. The van der Waals surface area contributed by atoms with Crippen LogP contribution in [0.25, 0.3) is 0 Å². The van der Waals surface area contributed by atoms with Gasteiger partial charge in [0.15, 0.2) is 0 Å². The van der Waals surface area contributed by atoms with Crippen molar-refractivity contribution in [2.24, 2.45) is 0 Å². The molecule has 20 heavy (non-hydrogen) atoms. The minimum Gasteiger partial charge on any atom is -0.354 e. The number of aryl methyl sites for hydroxylation is 1. The minimum atomic E-state index is -0.165. The molecule has 0 unspecified atom stereocenters. The van der Waals surface area contributed by atoms with E-state index in [2.05, 4.69) is 25.5 Å². The molecule has 0 fully saturated rings. The van der Waals surface area contributed by atoms with Crippen molar-refractivity contribution >= 4 is 11.9 Å². The Morgan fingerprint density at radius 1 is 1.35 bits per heavy atom. The van der Waals surface area contributed by atoms with E-state index in [9.17, 15) is 4.79 Å². The average Bonchev–Trinajstić information content (AvgIpc) is 2.33. The molecular weight excluding hydrogens is 254 g/mol. The molecule has 1 aromatic heterocycles. The number of anilines is 1. The molecule has 0 atom stereocenters. The summed E-state index contributed by atoms with van der Waals surface area (Å²) in [6.45, 7) is 7.49. The van der Waals surface area contributed by atoms with Crippen LogP contribution >= 0.6 is 0 Å². The summed E-state index contributed by atoms with van der Waals surface area (Å²) in [5.41, 5.74) is 1.19. The van der Waals surface area contributed by atoms with Crippen LogP contribution in [0.5, 0.6) is 0 Å². The van der Waals surface area contributed by atoms with Crippen LogP contribution in [0.3, 0.4) is 0 Å². The number of amides is 1. The van der Waals surface area contributed by atoms with E-state index in [1.807, 2.05) is 34.9 Å². The fourth-order valence-corrected chi connectivity index (χ4v) is 1.70. The fourth-order valence-electron chi connectivity index (χ4n) is 1.70. The Morgan fingerprint density at radius 3 is 2.65 bits per heavy atom. The van der Waals surface area contributed by atoms with Crippen molar-refractivity contribution in [2.45, 2.75) is 33.2 Å². The number of nitrogens with zero attached hydrogens (tertiary/aromatic N) is 3. The molecule has 1 aromatic rings. The summed E-state index contributed by atoms with van der Waals surface area (Å²) in [5.74, 6) is 0.347. The topological polar surface area (TPSA) is 70.2 Å². The standard InChI is InChI=1S/C14H25N5O/c1-10(2)16-13(20)12-9-11(3)17-14(18-12)15-7-6-8-19(4)5/h9-10H,6-8H2,1-5H3,(H,16,20)(H,15,17,18). The molecule has 0 aliphatic heterocycles. The number of hydrogen-bond acceptors (Lipinski definition) is 5. The van der Waals surface area contributed by atoms with Gasteiger partial charge in [0.05, 0.1) is 0 Å². The summed E-state index contributed by atoms with van der Waals surface area (Å²) in [6, 6.07) is 1.79. The van der Waals surface area contributed by atoms with E-state index in [1.54, 1.807) is 6.07 Å². The number of carbonyl (C=O) groups is 1. The van der Waals surface area contributed by atoms with E-state index in [0.29, 0.717) is 11.6 Å². The first-order valence-electron chi connectivity index (χ1n) is 6.93. The van der Waals surface area contributed by atoms with Crippen molar-refractivity contribution < 1.29 is 4.79 Å². The molecule has 0 bridgehead atoms. The van der Waals surface area contributed by atoms with Crippen molar-refractivity contribution in [1.29, 1.82) is 0 Å². The van der Waals surface area contributed by atoms with Crippen LogP contribution in [-0.4, -0.2) is 54.0 Å². The van der Waals surface area contributed by atoms with Crippen LogP contribution in [0.1, 0.15) is 36.5 Å². The summed E-state index contributed by atoms with van der Waals surface area (Å²) in [5, 5.41) is 5.99. The highest BCUT2D eigenvalue weighted by Gasteiger charge is 2.11. The van der Waals surface area contributed by atoms with Gasteiger partial charge in [-0.2, -0.15) is 0 Å². The van der Waals surface area contributed by atoms with Crippen molar-refractivity contribution in [3.05, 3.63) is 17.5 Å². The Hall–Kier alpha value is -1.69. The van der Waals surface area contributed by atoms with Gasteiger partial charge in [0.25, 0.3) is 5.91 Å². The zero-order valence-corrected chi connectivity index (χ0v) is 13.0. The third-order valence-corrected chi connectivity index (χ3v) is 2.57. The van der Waals surface area contributed by atoms with E-state index >= 15 is 0 Å². The lowest BCUT2D eigenvalue weighted by molar-refractivity contribution is 0.0938. The summed E-state index contributed by atoms with van der Waals surface area (Å²) in [7, 11) is 4.08. The third-order valence-electron chi connectivity index (χ3n) is 2.57. The number of aromatic nitrogens is 2. The molecule has 6 nitrogen and oxygen atoms in total. The fraction of sp³-hybridized carbons (Fsp3) is 0.643. The van der Waals surface area contributed by atoms with Gasteiger partial charge in [-0.15, -0.1) is 0 Å². The first kappa shape index (κ1) is 16.4. The van der Waals surface area contributed by atoms with Crippen molar-refractivity contribution in [1.82, 2.24) is 20.2 Å². The molecule has 6 heteroatoms. The Balaban J connectivity index is 2.64. The SMILES string of the molecule is Cc1cc(C(=O)NC(C)C)nc(NCCCN(C)C)n1. The number of nitrogens with one attached hydrogen (secondary N) is 2. The molecule has 112 valence electrons. The van der Waals surface area contributed by atoms with Gasteiger partial charge in [0, 0.05) is 18.3 Å². The second kappa shape index (κ2) is 7.79. The summed E-state index contributed by atoms with van der Waals surface area (Å²) in [4.78, 5) is 22.6. The van der Waals surface area contributed by atoms with Gasteiger partial charge in [0.2, 0.25) is 5.95 Å². The highest BCUT2D eigenvalue weighted by atomic mass is 16.1. The molecule has 0 radical (unpaired) electrons. The van der Waals surface area contributed by atoms with Crippen molar-refractivity contribution in [3.8, 4) is 0 Å². The molecule has 0 aliphatic rings. The quantitative estimate of drug-likeness (QED) is 0.736. The average molecular weight is 279 g/mol. The van der Waals surface area contributed by atoms with Crippen molar-refractivity contribution in [3.63, 3.8) is 0 Å². The van der Waals surface area contributed by atoms with Gasteiger partial charge in [-0.1, -0.05) is 0 Å². The molecule has 0 aromatic carbocycles. The molecule has 0 saturated carbocycles. The van der Waals surface area contributed by atoms with Gasteiger partial charge in [-0.3, -0.25) is 4.79 Å². The largest absolute Gasteiger partial charge is 0.354 e. The zero-order chi connectivity index (χ0) is 15.1. The van der Waals surface area contributed by atoms with E-state index in [4.69, 9.17) is 0 Å². The van der Waals surface area contributed by atoms with Crippen LogP contribution in [0.15, 0.2) is 6.07 Å². The van der Waals surface area contributed by atoms with Gasteiger partial charge < -0.3 is 15.5 Å². The Labute approximate surface area is 121 Å². The van der Waals surface area contributed by atoms with Crippen molar-refractivity contribution in [2.75, 3.05) is 32.5 Å². The van der Waals surface area contributed by atoms with Crippen LogP contribution < -0.4 is 10.6 Å². The van der Waals surface area contributed by atoms with E-state index in [0.717, 1.165) is 25.2 Å². The van der Waals surface area contributed by atoms with Gasteiger partial charge >= 0.3 is 0 Å². The molecule has 2 N–H and O–H groups in total. The van der Waals surface area contributed by atoms with E-state index < -0.39 is 0 Å². The third kappa shape index (κ3) is 5.97. The smallest absolute Gasteiger partial charge is 0.270 e. The molecule has 1 rings (SSSR count). The lowest BCUT2D eigenvalue weighted by Crippen LogP contribution is -2.31. The van der Waals surface area contributed by atoms with Crippen LogP contribution in [0, 0.1) is 6.92 Å². The molecular formula is C14H25N5O. The Kier molecular flexibility index (Phi) is 6.38. The summed E-state index contributed by atoms with van der Waals surface area (Å²) < 4.78 is 0. The number of carbonyl (C=O) groups excluding carboxylic acids is 1. The summed E-state index contributed by atoms with van der Waals surface area (Å²) >= 11 is 0. The predicted octanol–water partition coefficient (Wildman–Crippen LogP) is 1.29. The monoisotopic (exact) mass is 279 g/mol. The lowest BCUT2D eigenvalue weighted by Gasteiger charge is -2.11. The highest BCUT2D eigenvalue weighted by Crippen LogP contribution is 2.05. The summed E-state index contributed by atoms with van der Waals surface area (Å²) in [6.07, 6.45) is 0.998. The first-order valence-corrected chi connectivity index (χ1v) is 6.93. The highest BCUT2D eigenvalue weighted by molar-refractivity contribution is 5.92. The molecule has 1 heterocycles.